The topological polar surface area (TPSA) is 54.4 Å². The second-order valence-electron chi connectivity index (χ2n) is 2.36. The van der Waals surface area contributed by atoms with Crippen LogP contribution in [0.4, 0.5) is 0 Å². The van der Waals surface area contributed by atoms with Crippen LogP contribution < -0.4 is 0 Å². The first-order valence-electron chi connectivity index (χ1n) is 3.36. The third-order valence-electron chi connectivity index (χ3n) is 1.38. The summed E-state index contributed by atoms with van der Waals surface area (Å²) >= 11 is 0. The molecule has 0 heterocycles. The van der Waals surface area contributed by atoms with E-state index in [0.29, 0.717) is 6.42 Å². The van der Waals surface area contributed by atoms with Crippen molar-refractivity contribution in [2.75, 3.05) is 0 Å². The van der Waals surface area contributed by atoms with Gasteiger partial charge in [0.2, 0.25) is 5.78 Å². The van der Waals surface area contributed by atoms with Crippen molar-refractivity contribution in [1.29, 1.82) is 0 Å². The van der Waals surface area contributed by atoms with Crippen molar-refractivity contribution in [3.05, 3.63) is 0 Å². The van der Waals surface area contributed by atoms with Gasteiger partial charge in [0.05, 0.1) is 0 Å². The van der Waals surface area contributed by atoms with E-state index in [2.05, 4.69) is 0 Å². The van der Waals surface area contributed by atoms with Crippen LogP contribution in [0.2, 0.25) is 0 Å². The summed E-state index contributed by atoms with van der Waals surface area (Å²) in [5.74, 6) is -2.33. The Bertz CT molecular complexity index is 140. The summed E-state index contributed by atoms with van der Waals surface area (Å²) in [6.45, 7) is 3.56. The summed E-state index contributed by atoms with van der Waals surface area (Å²) < 4.78 is 0. The average molecular weight is 144 g/mol. The molecule has 0 aromatic carbocycles. The summed E-state index contributed by atoms with van der Waals surface area (Å²) in [5, 5.41) is 8.23. The number of carboxylic acids is 1. The van der Waals surface area contributed by atoms with Crippen LogP contribution in [0.15, 0.2) is 0 Å². The molecule has 1 unspecified atom stereocenters. The summed E-state index contributed by atoms with van der Waals surface area (Å²) in [4.78, 5) is 20.7. The zero-order valence-electron chi connectivity index (χ0n) is 6.26. The lowest BCUT2D eigenvalue weighted by Crippen LogP contribution is -2.20. The minimum atomic E-state index is -1.32. The molecule has 0 saturated heterocycles. The smallest absolute Gasteiger partial charge is 0.372 e. The zero-order valence-corrected chi connectivity index (χ0v) is 6.26. The molecule has 0 bridgehead atoms. The van der Waals surface area contributed by atoms with Crippen molar-refractivity contribution >= 4 is 11.8 Å². The van der Waals surface area contributed by atoms with Crippen LogP contribution in [0.5, 0.6) is 0 Å². The van der Waals surface area contributed by atoms with Gasteiger partial charge in [-0.05, 0) is 6.42 Å². The molecule has 0 aromatic rings. The van der Waals surface area contributed by atoms with Crippen LogP contribution in [-0.2, 0) is 9.59 Å². The van der Waals surface area contributed by atoms with Gasteiger partial charge in [0.1, 0.15) is 0 Å². The third-order valence-corrected chi connectivity index (χ3v) is 1.38. The van der Waals surface area contributed by atoms with Gasteiger partial charge in [0.25, 0.3) is 0 Å². The van der Waals surface area contributed by atoms with Crippen LogP contribution >= 0.6 is 0 Å². The van der Waals surface area contributed by atoms with E-state index in [9.17, 15) is 9.59 Å². The number of Topliss-reactive ketones (excluding diaryl/α,β-unsaturated/α-hetero) is 1. The van der Waals surface area contributed by atoms with Gasteiger partial charge < -0.3 is 5.11 Å². The summed E-state index contributed by atoms with van der Waals surface area (Å²) in [6.07, 6.45) is 1.51. The Labute approximate surface area is 60.0 Å². The van der Waals surface area contributed by atoms with Gasteiger partial charge in [-0.15, -0.1) is 0 Å². The van der Waals surface area contributed by atoms with Gasteiger partial charge in [-0.1, -0.05) is 20.3 Å². The molecule has 0 amide bonds. The van der Waals surface area contributed by atoms with Crippen LogP contribution in [0, 0.1) is 5.92 Å². The fourth-order valence-corrected chi connectivity index (χ4v) is 0.775. The first-order chi connectivity index (χ1) is 4.59. The minimum absolute atomic E-state index is 0.331. The van der Waals surface area contributed by atoms with Crippen molar-refractivity contribution < 1.29 is 14.7 Å². The van der Waals surface area contributed by atoms with Gasteiger partial charge in [0.15, 0.2) is 0 Å². The molecule has 0 spiro atoms. The minimum Gasteiger partial charge on any atom is -0.475 e. The average Bonchev–Trinajstić information content (AvgIpc) is 1.87. The van der Waals surface area contributed by atoms with Crippen molar-refractivity contribution in [2.24, 2.45) is 5.92 Å². The summed E-state index contributed by atoms with van der Waals surface area (Å²) in [5.41, 5.74) is 0. The molecule has 0 saturated carbocycles. The predicted molar refractivity (Wildman–Crippen MR) is 36.7 cm³/mol. The Morgan fingerprint density at radius 3 is 2.30 bits per heavy atom. The first kappa shape index (κ1) is 9.14. The van der Waals surface area contributed by atoms with Crippen LogP contribution in [0.1, 0.15) is 26.7 Å². The molecule has 0 rings (SSSR count). The maximum Gasteiger partial charge on any atom is 0.372 e. The van der Waals surface area contributed by atoms with Crippen molar-refractivity contribution in [3.63, 3.8) is 0 Å². The van der Waals surface area contributed by atoms with Gasteiger partial charge in [-0.3, -0.25) is 4.79 Å². The van der Waals surface area contributed by atoms with Gasteiger partial charge in [-0.2, -0.15) is 0 Å². The second kappa shape index (κ2) is 4.04. The standard InChI is InChI=1S/C7H12O3/c1-3-4-5(2)6(8)7(9)10/h5H,3-4H2,1-2H3,(H,9,10). The molecule has 1 N–H and O–H groups in total. The molecular weight excluding hydrogens is 132 g/mol. The maximum absolute atomic E-state index is 10.6. The van der Waals surface area contributed by atoms with Crippen molar-refractivity contribution in [3.8, 4) is 0 Å². The number of rotatable bonds is 4. The van der Waals surface area contributed by atoms with E-state index >= 15 is 0 Å². The van der Waals surface area contributed by atoms with E-state index < -0.39 is 11.8 Å². The number of ketones is 1. The highest BCUT2D eigenvalue weighted by Gasteiger charge is 2.18. The van der Waals surface area contributed by atoms with Crippen molar-refractivity contribution in [2.45, 2.75) is 26.7 Å². The number of carboxylic acid groups (broad SMARTS) is 1. The monoisotopic (exact) mass is 144 g/mol. The highest BCUT2D eigenvalue weighted by atomic mass is 16.4. The zero-order chi connectivity index (χ0) is 8.15. The molecule has 10 heavy (non-hydrogen) atoms. The molecule has 3 heteroatoms. The predicted octanol–water partition coefficient (Wildman–Crippen LogP) is 1.08. The van der Waals surface area contributed by atoms with E-state index in [1.165, 1.54) is 0 Å². The summed E-state index contributed by atoms with van der Waals surface area (Å²) in [7, 11) is 0. The highest BCUT2D eigenvalue weighted by molar-refractivity contribution is 6.33. The fraction of sp³-hybridized carbons (Fsp3) is 0.714. The van der Waals surface area contributed by atoms with E-state index in [1.807, 2.05) is 6.92 Å². The molecule has 1 atom stereocenters. The molecule has 3 nitrogen and oxygen atoms in total. The first-order valence-corrected chi connectivity index (χ1v) is 3.36. The Balaban J connectivity index is 3.82. The molecule has 0 aliphatic carbocycles. The molecule has 0 radical (unpaired) electrons. The molecule has 58 valence electrons. The lowest BCUT2D eigenvalue weighted by atomic mass is 10.0. The fourth-order valence-electron chi connectivity index (χ4n) is 0.775. The normalized spacial score (nSPS) is 12.6. The number of aliphatic carboxylic acids is 1. The third kappa shape index (κ3) is 2.62. The van der Waals surface area contributed by atoms with Gasteiger partial charge in [0, 0.05) is 5.92 Å². The highest BCUT2D eigenvalue weighted by Crippen LogP contribution is 2.05. The summed E-state index contributed by atoms with van der Waals surface area (Å²) in [6, 6.07) is 0. The van der Waals surface area contributed by atoms with Crippen molar-refractivity contribution in [1.82, 2.24) is 0 Å². The lowest BCUT2D eigenvalue weighted by molar-refractivity contribution is -0.150. The van der Waals surface area contributed by atoms with E-state index in [-0.39, 0.29) is 5.92 Å². The number of carbonyl (C=O) groups excluding carboxylic acids is 1. The molecular formula is C7H12O3. The molecule has 0 aliphatic heterocycles. The number of hydrogen-bond acceptors (Lipinski definition) is 2. The molecule has 0 aromatic heterocycles. The Morgan fingerprint density at radius 1 is 1.50 bits per heavy atom. The lowest BCUT2D eigenvalue weighted by Gasteiger charge is -2.02. The second-order valence-corrected chi connectivity index (χ2v) is 2.36. The van der Waals surface area contributed by atoms with Gasteiger partial charge in [-0.25, -0.2) is 4.79 Å². The van der Waals surface area contributed by atoms with Crippen LogP contribution in [-0.4, -0.2) is 16.9 Å². The van der Waals surface area contributed by atoms with E-state index in [1.54, 1.807) is 6.92 Å². The number of carbonyl (C=O) groups is 2. The quantitative estimate of drug-likeness (QED) is 0.600. The Morgan fingerprint density at radius 2 is 2.00 bits per heavy atom. The maximum atomic E-state index is 10.6. The van der Waals surface area contributed by atoms with Gasteiger partial charge >= 0.3 is 5.97 Å². The van der Waals surface area contributed by atoms with E-state index in [4.69, 9.17) is 5.11 Å². The van der Waals surface area contributed by atoms with E-state index in [0.717, 1.165) is 6.42 Å². The Hall–Kier alpha value is -0.860. The Kier molecular flexibility index (Phi) is 3.69. The van der Waals surface area contributed by atoms with Crippen LogP contribution in [0.25, 0.3) is 0 Å². The largest absolute Gasteiger partial charge is 0.475 e. The number of hydrogen-bond donors (Lipinski definition) is 1. The SMILES string of the molecule is CCCC(C)C(=O)C(=O)O. The molecule has 0 aliphatic rings. The van der Waals surface area contributed by atoms with Crippen LogP contribution in [0.3, 0.4) is 0 Å². The molecule has 0 fully saturated rings.